The lowest BCUT2D eigenvalue weighted by Crippen LogP contribution is -2.27. The van der Waals surface area contributed by atoms with Gasteiger partial charge >= 0.3 is 0 Å². The Labute approximate surface area is 136 Å². The van der Waals surface area contributed by atoms with E-state index in [9.17, 15) is 0 Å². The number of rotatable bonds is 8. The molecule has 2 rings (SSSR count). The zero-order valence-corrected chi connectivity index (χ0v) is 13.7. The molecule has 0 fully saturated rings. The first-order chi connectivity index (χ1) is 10.7. The second kappa shape index (κ2) is 8.48. The normalized spacial score (nSPS) is 10.5. The Morgan fingerprint density at radius 2 is 1.91 bits per heavy atom. The Bertz CT molecular complexity index is 572. The van der Waals surface area contributed by atoms with Crippen LogP contribution in [-0.4, -0.2) is 33.0 Å². The second-order valence-electron chi connectivity index (χ2n) is 4.93. The van der Waals surface area contributed by atoms with Crippen molar-refractivity contribution in [3.8, 4) is 0 Å². The molecule has 118 valence electrons. The molecule has 0 unspecified atom stereocenters. The van der Waals surface area contributed by atoms with E-state index in [2.05, 4.69) is 44.0 Å². The number of nitrogens with one attached hydrogen (secondary N) is 1. The topological polar surface area (TPSA) is 66.8 Å². The summed E-state index contributed by atoms with van der Waals surface area (Å²) in [6.07, 6.45) is 5.61. The Hall–Kier alpha value is -1.95. The van der Waals surface area contributed by atoms with Gasteiger partial charge < -0.3 is 10.2 Å². The Balaban J connectivity index is 2.11. The van der Waals surface area contributed by atoms with Gasteiger partial charge in [-0.3, -0.25) is 4.98 Å². The Kier molecular flexibility index (Phi) is 6.33. The minimum absolute atomic E-state index is 0.205. The molecule has 2 aromatic rings. The summed E-state index contributed by atoms with van der Waals surface area (Å²) in [5, 5.41) is 3.37. The molecule has 0 saturated carbocycles. The average Bonchev–Trinajstić information content (AvgIpc) is 2.53. The molecule has 0 aliphatic rings. The highest BCUT2D eigenvalue weighted by Gasteiger charge is 2.11. The molecule has 0 aliphatic heterocycles. The van der Waals surface area contributed by atoms with E-state index in [0.717, 1.165) is 31.5 Å². The summed E-state index contributed by atoms with van der Waals surface area (Å²) in [7, 11) is 0. The summed E-state index contributed by atoms with van der Waals surface area (Å²) in [5.41, 5.74) is 1.06. The summed E-state index contributed by atoms with van der Waals surface area (Å²) in [5.74, 6) is 1.11. The molecular formula is C15H21ClN6. The summed E-state index contributed by atoms with van der Waals surface area (Å²) < 4.78 is 0. The smallest absolute Gasteiger partial charge is 0.231 e. The molecule has 0 saturated heterocycles. The predicted octanol–water partition coefficient (Wildman–Crippen LogP) is 3.16. The molecule has 0 amide bonds. The first-order valence-electron chi connectivity index (χ1n) is 7.52. The van der Waals surface area contributed by atoms with E-state index in [0.29, 0.717) is 18.4 Å². The van der Waals surface area contributed by atoms with Gasteiger partial charge in [0, 0.05) is 32.0 Å². The number of anilines is 2. The third kappa shape index (κ3) is 4.80. The van der Waals surface area contributed by atoms with Crippen LogP contribution >= 0.6 is 11.6 Å². The first kappa shape index (κ1) is 16.4. The van der Waals surface area contributed by atoms with E-state index >= 15 is 0 Å². The highest BCUT2D eigenvalue weighted by atomic mass is 35.5. The fourth-order valence-corrected chi connectivity index (χ4v) is 2.25. The van der Waals surface area contributed by atoms with Crippen LogP contribution in [0.2, 0.25) is 5.28 Å². The maximum absolute atomic E-state index is 6.03. The number of pyridine rings is 1. The number of aromatic nitrogens is 4. The van der Waals surface area contributed by atoms with Crippen LogP contribution in [0.4, 0.5) is 11.9 Å². The molecule has 7 heteroatoms. The second-order valence-corrected chi connectivity index (χ2v) is 5.27. The predicted molar refractivity (Wildman–Crippen MR) is 89.2 cm³/mol. The van der Waals surface area contributed by atoms with Crippen molar-refractivity contribution in [2.24, 2.45) is 0 Å². The quantitative estimate of drug-likeness (QED) is 0.806. The van der Waals surface area contributed by atoms with Crippen LogP contribution in [0.15, 0.2) is 24.5 Å². The molecule has 6 nitrogen and oxygen atoms in total. The summed E-state index contributed by atoms with van der Waals surface area (Å²) >= 11 is 6.03. The zero-order chi connectivity index (χ0) is 15.8. The van der Waals surface area contributed by atoms with Gasteiger partial charge in [0.15, 0.2) is 0 Å². The van der Waals surface area contributed by atoms with Crippen molar-refractivity contribution in [2.75, 3.05) is 23.3 Å². The van der Waals surface area contributed by atoms with Crippen molar-refractivity contribution >= 4 is 23.5 Å². The van der Waals surface area contributed by atoms with Crippen LogP contribution < -0.4 is 10.2 Å². The van der Waals surface area contributed by atoms with Gasteiger partial charge in [-0.15, -0.1) is 0 Å². The van der Waals surface area contributed by atoms with Gasteiger partial charge in [0.05, 0.1) is 0 Å². The van der Waals surface area contributed by atoms with Crippen molar-refractivity contribution in [2.45, 2.75) is 33.2 Å². The average molecular weight is 321 g/mol. The zero-order valence-electron chi connectivity index (χ0n) is 13.0. The van der Waals surface area contributed by atoms with E-state index in [1.54, 1.807) is 12.4 Å². The highest BCUT2D eigenvalue weighted by Crippen LogP contribution is 2.15. The maximum atomic E-state index is 6.03. The third-order valence-electron chi connectivity index (χ3n) is 3.04. The number of halogens is 1. The first-order valence-corrected chi connectivity index (χ1v) is 7.90. The van der Waals surface area contributed by atoms with Crippen LogP contribution in [0.1, 0.15) is 32.3 Å². The summed E-state index contributed by atoms with van der Waals surface area (Å²) in [6, 6.07) is 3.89. The molecule has 0 bridgehead atoms. The van der Waals surface area contributed by atoms with Crippen LogP contribution in [0.3, 0.4) is 0 Å². The molecule has 0 atom stereocenters. The van der Waals surface area contributed by atoms with Gasteiger partial charge in [-0.25, -0.2) is 0 Å². The van der Waals surface area contributed by atoms with Crippen molar-refractivity contribution < 1.29 is 0 Å². The molecule has 2 aromatic heterocycles. The van der Waals surface area contributed by atoms with Crippen LogP contribution in [-0.2, 0) is 6.54 Å². The lowest BCUT2D eigenvalue weighted by Gasteiger charge is -2.21. The standard InChI is InChI=1S/C15H21ClN6/c1-3-8-22(9-4-2)15-20-13(16)19-14(21-15)18-11-12-6-5-7-17-10-12/h5-7,10H,3-4,8-9,11H2,1-2H3,(H,18,19,20,21). The fourth-order valence-electron chi connectivity index (χ4n) is 2.10. The van der Waals surface area contributed by atoms with Crippen molar-refractivity contribution in [1.29, 1.82) is 0 Å². The van der Waals surface area contributed by atoms with E-state index in [-0.39, 0.29) is 5.28 Å². The monoisotopic (exact) mass is 320 g/mol. The number of nitrogens with zero attached hydrogens (tertiary/aromatic N) is 5. The van der Waals surface area contributed by atoms with Crippen LogP contribution in [0, 0.1) is 0 Å². The molecule has 0 spiro atoms. The summed E-state index contributed by atoms with van der Waals surface area (Å²) in [6.45, 7) is 6.65. The molecule has 22 heavy (non-hydrogen) atoms. The lowest BCUT2D eigenvalue weighted by atomic mass is 10.3. The molecule has 0 radical (unpaired) electrons. The van der Waals surface area contributed by atoms with E-state index in [1.165, 1.54) is 0 Å². The third-order valence-corrected chi connectivity index (χ3v) is 3.21. The van der Waals surface area contributed by atoms with Crippen molar-refractivity contribution in [3.63, 3.8) is 0 Å². The van der Waals surface area contributed by atoms with E-state index < -0.39 is 0 Å². The lowest BCUT2D eigenvalue weighted by molar-refractivity contribution is 0.717. The van der Waals surface area contributed by atoms with Gasteiger partial charge in [0.25, 0.3) is 0 Å². The highest BCUT2D eigenvalue weighted by molar-refractivity contribution is 6.28. The molecule has 0 aromatic carbocycles. The SMILES string of the molecule is CCCN(CCC)c1nc(Cl)nc(NCc2cccnc2)n1. The maximum Gasteiger partial charge on any atom is 0.231 e. The minimum Gasteiger partial charge on any atom is -0.350 e. The fraction of sp³-hybridized carbons (Fsp3) is 0.467. The van der Waals surface area contributed by atoms with Gasteiger partial charge in [0.2, 0.25) is 17.2 Å². The molecule has 1 N–H and O–H groups in total. The minimum atomic E-state index is 0.205. The van der Waals surface area contributed by atoms with Gasteiger partial charge in [0.1, 0.15) is 0 Å². The molecule has 2 heterocycles. The molecule has 0 aliphatic carbocycles. The number of hydrogen-bond acceptors (Lipinski definition) is 6. The largest absolute Gasteiger partial charge is 0.350 e. The Morgan fingerprint density at radius 1 is 1.14 bits per heavy atom. The van der Waals surface area contributed by atoms with E-state index in [4.69, 9.17) is 11.6 Å². The van der Waals surface area contributed by atoms with E-state index in [1.807, 2.05) is 12.1 Å². The van der Waals surface area contributed by atoms with Gasteiger partial charge in [-0.05, 0) is 36.1 Å². The Morgan fingerprint density at radius 3 is 2.55 bits per heavy atom. The van der Waals surface area contributed by atoms with Crippen molar-refractivity contribution in [3.05, 3.63) is 35.4 Å². The van der Waals surface area contributed by atoms with Crippen LogP contribution in [0.5, 0.6) is 0 Å². The van der Waals surface area contributed by atoms with Crippen molar-refractivity contribution in [1.82, 2.24) is 19.9 Å². The molecular weight excluding hydrogens is 300 g/mol. The van der Waals surface area contributed by atoms with Gasteiger partial charge in [-0.1, -0.05) is 19.9 Å². The van der Waals surface area contributed by atoms with Gasteiger partial charge in [-0.2, -0.15) is 15.0 Å². The summed E-state index contributed by atoms with van der Waals surface area (Å²) in [4.78, 5) is 19.1. The van der Waals surface area contributed by atoms with Crippen LogP contribution in [0.25, 0.3) is 0 Å². The number of hydrogen-bond donors (Lipinski definition) is 1.